The van der Waals surface area contributed by atoms with E-state index < -0.39 is 11.6 Å². The van der Waals surface area contributed by atoms with Gasteiger partial charge in [-0.15, -0.1) is 0 Å². The van der Waals surface area contributed by atoms with Crippen LogP contribution in [0.1, 0.15) is 52.9 Å². The Morgan fingerprint density at radius 2 is 2.00 bits per heavy atom. The van der Waals surface area contributed by atoms with Crippen molar-refractivity contribution in [3.63, 3.8) is 0 Å². The zero-order chi connectivity index (χ0) is 14.5. The first-order valence-corrected chi connectivity index (χ1v) is 6.98. The molecule has 0 spiro atoms. The lowest BCUT2D eigenvalue weighted by Crippen LogP contribution is -2.36. The van der Waals surface area contributed by atoms with Gasteiger partial charge in [-0.05, 0) is 59.5 Å². The van der Waals surface area contributed by atoms with Crippen molar-refractivity contribution in [1.82, 2.24) is 4.90 Å². The van der Waals surface area contributed by atoms with Gasteiger partial charge in [0.1, 0.15) is 11.6 Å². The van der Waals surface area contributed by atoms with E-state index in [1.807, 2.05) is 25.7 Å². The first-order valence-electron chi connectivity index (χ1n) is 6.98. The van der Waals surface area contributed by atoms with Crippen LogP contribution in [-0.2, 0) is 14.3 Å². The van der Waals surface area contributed by atoms with Gasteiger partial charge in [0.2, 0.25) is 0 Å². The molecule has 1 fully saturated rings. The molecule has 5 heteroatoms. The monoisotopic (exact) mass is 271 g/mol. The van der Waals surface area contributed by atoms with Crippen molar-refractivity contribution in [2.75, 3.05) is 13.1 Å². The van der Waals surface area contributed by atoms with Gasteiger partial charge in [-0.2, -0.15) is 0 Å². The summed E-state index contributed by atoms with van der Waals surface area (Å²) >= 11 is 0. The molecule has 0 aromatic carbocycles. The van der Waals surface area contributed by atoms with Crippen LogP contribution < -0.4 is 0 Å². The minimum Gasteiger partial charge on any atom is -0.480 e. The highest BCUT2D eigenvalue weighted by molar-refractivity contribution is 5.73. The summed E-state index contributed by atoms with van der Waals surface area (Å²) in [4.78, 5) is 24.5. The van der Waals surface area contributed by atoms with Gasteiger partial charge in [0.25, 0.3) is 0 Å². The third-order valence-electron chi connectivity index (χ3n) is 3.14. The highest BCUT2D eigenvalue weighted by Gasteiger charge is 2.29. The molecule has 1 aliphatic rings. The zero-order valence-electron chi connectivity index (χ0n) is 12.1. The molecule has 110 valence electrons. The molecule has 0 saturated carbocycles. The molecular weight excluding hydrogens is 246 g/mol. The van der Waals surface area contributed by atoms with Crippen LogP contribution in [-0.4, -0.2) is 46.7 Å². The maximum absolute atomic E-state index is 11.5. The van der Waals surface area contributed by atoms with E-state index in [0.29, 0.717) is 6.42 Å². The lowest BCUT2D eigenvalue weighted by Gasteiger charge is -2.21. The molecule has 0 aromatic rings. The molecule has 0 aromatic heterocycles. The quantitative estimate of drug-likeness (QED) is 0.591. The highest BCUT2D eigenvalue weighted by atomic mass is 16.6. The smallest absolute Gasteiger partial charge is 0.320 e. The molecule has 5 nitrogen and oxygen atoms in total. The van der Waals surface area contributed by atoms with Crippen molar-refractivity contribution in [1.29, 1.82) is 0 Å². The number of ether oxygens (including phenoxy) is 1. The summed E-state index contributed by atoms with van der Waals surface area (Å²) in [5, 5.41) is 9.04. The SMILES string of the molecule is CC(C)(C)OC(=O)CCCCN1CCC[C@@H]1C(=O)O. The van der Waals surface area contributed by atoms with E-state index in [4.69, 9.17) is 9.84 Å². The number of rotatable bonds is 6. The van der Waals surface area contributed by atoms with Crippen LogP contribution in [0, 0.1) is 0 Å². The number of likely N-dealkylation sites (tertiary alicyclic amines) is 1. The summed E-state index contributed by atoms with van der Waals surface area (Å²) in [6, 6.07) is -0.332. The molecular formula is C14H25NO4. The fraction of sp³-hybridized carbons (Fsp3) is 0.857. The Kier molecular flexibility index (Phi) is 5.79. The van der Waals surface area contributed by atoms with Crippen LogP contribution in [0.5, 0.6) is 0 Å². The normalized spacial score (nSPS) is 20.5. The van der Waals surface area contributed by atoms with Crippen LogP contribution in [0.4, 0.5) is 0 Å². The van der Waals surface area contributed by atoms with Gasteiger partial charge in [0.15, 0.2) is 0 Å². The number of aliphatic carboxylic acids is 1. The first kappa shape index (κ1) is 16.0. The van der Waals surface area contributed by atoms with Crippen molar-refractivity contribution < 1.29 is 19.4 Å². The predicted molar refractivity (Wildman–Crippen MR) is 71.9 cm³/mol. The molecule has 1 saturated heterocycles. The van der Waals surface area contributed by atoms with E-state index in [1.54, 1.807) is 0 Å². The largest absolute Gasteiger partial charge is 0.480 e. The van der Waals surface area contributed by atoms with Crippen LogP contribution in [0.15, 0.2) is 0 Å². The maximum atomic E-state index is 11.5. The topological polar surface area (TPSA) is 66.8 Å². The maximum Gasteiger partial charge on any atom is 0.320 e. The Morgan fingerprint density at radius 3 is 2.58 bits per heavy atom. The zero-order valence-corrected chi connectivity index (χ0v) is 12.1. The van der Waals surface area contributed by atoms with Crippen molar-refractivity contribution in [3.05, 3.63) is 0 Å². The first-order chi connectivity index (χ1) is 8.79. The second-order valence-electron chi connectivity index (χ2n) is 6.08. The Labute approximate surface area is 114 Å². The average molecular weight is 271 g/mol. The van der Waals surface area contributed by atoms with Gasteiger partial charge >= 0.3 is 11.9 Å². The Hall–Kier alpha value is -1.10. The minimum absolute atomic E-state index is 0.177. The number of unbranched alkanes of at least 4 members (excludes halogenated alkanes) is 1. The molecule has 0 amide bonds. The lowest BCUT2D eigenvalue weighted by atomic mass is 10.1. The summed E-state index contributed by atoms with van der Waals surface area (Å²) in [5.74, 6) is -0.909. The lowest BCUT2D eigenvalue weighted by molar-refractivity contribution is -0.155. The molecule has 1 N–H and O–H groups in total. The molecule has 0 bridgehead atoms. The Balaban J connectivity index is 2.17. The average Bonchev–Trinajstić information content (AvgIpc) is 2.70. The van der Waals surface area contributed by atoms with Crippen LogP contribution in [0.3, 0.4) is 0 Å². The second-order valence-corrected chi connectivity index (χ2v) is 6.08. The van der Waals surface area contributed by atoms with E-state index >= 15 is 0 Å². The fourth-order valence-corrected chi connectivity index (χ4v) is 2.35. The molecule has 1 atom stereocenters. The predicted octanol–water partition coefficient (Wildman–Crippen LogP) is 2.05. The summed E-state index contributed by atoms with van der Waals surface area (Å²) < 4.78 is 5.22. The summed E-state index contributed by atoms with van der Waals surface area (Å²) in [6.07, 6.45) is 3.67. The van der Waals surface area contributed by atoms with Crippen molar-refractivity contribution in [2.24, 2.45) is 0 Å². The number of esters is 1. The van der Waals surface area contributed by atoms with Crippen LogP contribution in [0.2, 0.25) is 0 Å². The van der Waals surface area contributed by atoms with Gasteiger partial charge in [0.05, 0.1) is 0 Å². The molecule has 1 aliphatic heterocycles. The number of nitrogens with zero attached hydrogens (tertiary/aromatic N) is 1. The second kappa shape index (κ2) is 6.89. The molecule has 0 radical (unpaired) electrons. The van der Waals surface area contributed by atoms with Crippen LogP contribution in [0.25, 0.3) is 0 Å². The minimum atomic E-state index is -0.732. The molecule has 0 unspecified atom stereocenters. The Bertz CT molecular complexity index is 322. The summed E-state index contributed by atoms with van der Waals surface area (Å²) in [7, 11) is 0. The van der Waals surface area contributed by atoms with Gasteiger partial charge in [-0.3, -0.25) is 14.5 Å². The van der Waals surface area contributed by atoms with Gasteiger partial charge < -0.3 is 9.84 Å². The van der Waals surface area contributed by atoms with Crippen LogP contribution >= 0.6 is 0 Å². The van der Waals surface area contributed by atoms with Crippen molar-refractivity contribution in [3.8, 4) is 0 Å². The number of carboxylic acids is 1. The molecule has 1 heterocycles. The third kappa shape index (κ3) is 6.05. The van der Waals surface area contributed by atoms with Crippen molar-refractivity contribution in [2.45, 2.75) is 64.5 Å². The molecule has 1 rings (SSSR count). The number of carboxylic acid groups (broad SMARTS) is 1. The third-order valence-corrected chi connectivity index (χ3v) is 3.14. The van der Waals surface area contributed by atoms with E-state index in [9.17, 15) is 9.59 Å². The number of hydrogen-bond donors (Lipinski definition) is 1. The summed E-state index contributed by atoms with van der Waals surface area (Å²) in [5.41, 5.74) is -0.430. The van der Waals surface area contributed by atoms with E-state index in [2.05, 4.69) is 0 Å². The van der Waals surface area contributed by atoms with Crippen molar-refractivity contribution >= 4 is 11.9 Å². The molecule has 19 heavy (non-hydrogen) atoms. The van der Waals surface area contributed by atoms with Gasteiger partial charge in [0, 0.05) is 6.42 Å². The highest BCUT2D eigenvalue weighted by Crippen LogP contribution is 2.18. The van der Waals surface area contributed by atoms with Gasteiger partial charge in [-0.25, -0.2) is 0 Å². The van der Waals surface area contributed by atoms with E-state index in [1.165, 1.54) is 0 Å². The number of hydrogen-bond acceptors (Lipinski definition) is 4. The van der Waals surface area contributed by atoms with Gasteiger partial charge in [-0.1, -0.05) is 0 Å². The van der Waals surface area contributed by atoms with E-state index in [0.717, 1.165) is 38.8 Å². The summed E-state index contributed by atoms with van der Waals surface area (Å²) in [6.45, 7) is 7.16. The Morgan fingerprint density at radius 1 is 1.32 bits per heavy atom. The standard InChI is InChI=1S/C14H25NO4/c1-14(2,3)19-12(16)8-4-5-9-15-10-6-7-11(15)13(17)18/h11H,4-10H2,1-3H3,(H,17,18)/t11-/m1/s1. The number of carbonyl (C=O) groups is 2. The fourth-order valence-electron chi connectivity index (χ4n) is 2.35. The van der Waals surface area contributed by atoms with E-state index in [-0.39, 0.29) is 12.0 Å². The number of carbonyl (C=O) groups excluding carboxylic acids is 1. The molecule has 0 aliphatic carbocycles.